The molecule has 0 aliphatic carbocycles. The topological polar surface area (TPSA) is 29.5 Å². The van der Waals surface area contributed by atoms with Crippen molar-refractivity contribution in [3.63, 3.8) is 0 Å². The Morgan fingerprint density at radius 2 is 1.89 bits per heavy atom. The van der Waals surface area contributed by atoms with Crippen molar-refractivity contribution in [2.24, 2.45) is 5.92 Å². The molecule has 104 valence electrons. The van der Waals surface area contributed by atoms with Crippen LogP contribution in [0.5, 0.6) is 5.75 Å². The van der Waals surface area contributed by atoms with E-state index in [4.69, 9.17) is 4.74 Å². The fourth-order valence-corrected chi connectivity index (χ4v) is 2.52. The zero-order valence-corrected chi connectivity index (χ0v) is 13.0. The first-order valence-corrected chi connectivity index (χ1v) is 7.56. The van der Waals surface area contributed by atoms with Gasteiger partial charge in [-0.25, -0.2) is 0 Å². The summed E-state index contributed by atoms with van der Waals surface area (Å²) in [5.41, 5.74) is 0. The Kier molecular flexibility index (Phi) is 4.86. The maximum Gasteiger partial charge on any atom is 0.263 e. The molecule has 1 aromatic carbocycles. The van der Waals surface area contributed by atoms with E-state index in [1.54, 1.807) is 0 Å². The molecule has 0 aromatic heterocycles. The number of ether oxygens (including phenoxy) is 1. The second kappa shape index (κ2) is 6.42. The van der Waals surface area contributed by atoms with Gasteiger partial charge in [0.25, 0.3) is 5.91 Å². The Labute approximate surface area is 123 Å². The summed E-state index contributed by atoms with van der Waals surface area (Å²) in [5, 5.41) is 0. The normalized spacial score (nSPS) is 18.2. The number of halogens is 1. The summed E-state index contributed by atoms with van der Waals surface area (Å²) in [4.78, 5) is 14.2. The van der Waals surface area contributed by atoms with Crippen LogP contribution in [0, 0.1) is 5.92 Å². The first-order chi connectivity index (χ1) is 9.06. The zero-order valence-electron chi connectivity index (χ0n) is 11.4. The number of piperidine rings is 1. The molecule has 1 aromatic rings. The van der Waals surface area contributed by atoms with E-state index >= 15 is 0 Å². The largest absolute Gasteiger partial charge is 0.481 e. The Morgan fingerprint density at radius 3 is 2.47 bits per heavy atom. The summed E-state index contributed by atoms with van der Waals surface area (Å²) in [6.45, 7) is 5.77. The molecule has 1 fully saturated rings. The van der Waals surface area contributed by atoms with Crippen molar-refractivity contribution in [2.75, 3.05) is 13.1 Å². The summed E-state index contributed by atoms with van der Waals surface area (Å²) in [5.74, 6) is 1.55. The fraction of sp³-hybridized carbons (Fsp3) is 0.533. The van der Waals surface area contributed by atoms with Crippen molar-refractivity contribution in [3.8, 4) is 5.75 Å². The van der Waals surface area contributed by atoms with E-state index < -0.39 is 6.10 Å². The highest BCUT2D eigenvalue weighted by molar-refractivity contribution is 9.10. The monoisotopic (exact) mass is 325 g/mol. The minimum Gasteiger partial charge on any atom is -0.481 e. The molecule has 0 bridgehead atoms. The van der Waals surface area contributed by atoms with E-state index in [9.17, 15) is 4.79 Å². The molecule has 4 heteroatoms. The number of hydrogen-bond donors (Lipinski definition) is 0. The first-order valence-electron chi connectivity index (χ1n) is 6.77. The average Bonchev–Trinajstić information content (AvgIpc) is 2.41. The Morgan fingerprint density at radius 1 is 1.32 bits per heavy atom. The molecule has 0 spiro atoms. The minimum atomic E-state index is -0.422. The Hall–Kier alpha value is -1.03. The molecule has 19 heavy (non-hydrogen) atoms. The van der Waals surface area contributed by atoms with Gasteiger partial charge in [-0.15, -0.1) is 0 Å². The van der Waals surface area contributed by atoms with Gasteiger partial charge in [-0.2, -0.15) is 0 Å². The number of carbonyl (C=O) groups excluding carboxylic acids is 1. The van der Waals surface area contributed by atoms with Gasteiger partial charge in [0.15, 0.2) is 6.10 Å². The van der Waals surface area contributed by atoms with E-state index in [0.717, 1.165) is 42.1 Å². The van der Waals surface area contributed by atoms with Crippen LogP contribution in [-0.2, 0) is 4.79 Å². The SMILES string of the molecule is CC1CCN(C(=O)[C@@H](C)Oc2ccc(Br)cc2)CC1. The van der Waals surface area contributed by atoms with Crippen molar-refractivity contribution < 1.29 is 9.53 Å². The summed E-state index contributed by atoms with van der Waals surface area (Å²) in [6.07, 6.45) is 1.77. The fourth-order valence-electron chi connectivity index (χ4n) is 2.25. The highest BCUT2D eigenvalue weighted by Gasteiger charge is 2.25. The molecule has 2 rings (SSSR count). The lowest BCUT2D eigenvalue weighted by Crippen LogP contribution is -2.44. The van der Waals surface area contributed by atoms with Gasteiger partial charge in [0.05, 0.1) is 0 Å². The molecular formula is C15H20BrNO2. The van der Waals surface area contributed by atoms with Crippen LogP contribution in [0.25, 0.3) is 0 Å². The quantitative estimate of drug-likeness (QED) is 0.851. The molecule has 1 amide bonds. The molecule has 3 nitrogen and oxygen atoms in total. The van der Waals surface area contributed by atoms with E-state index in [1.807, 2.05) is 36.1 Å². The number of carbonyl (C=O) groups is 1. The summed E-state index contributed by atoms with van der Waals surface area (Å²) < 4.78 is 6.70. The lowest BCUT2D eigenvalue weighted by Gasteiger charge is -2.32. The van der Waals surface area contributed by atoms with Crippen molar-refractivity contribution >= 4 is 21.8 Å². The molecule has 0 N–H and O–H groups in total. The van der Waals surface area contributed by atoms with E-state index in [-0.39, 0.29) is 5.91 Å². The predicted octanol–water partition coefficient (Wildman–Crippen LogP) is 3.47. The van der Waals surface area contributed by atoms with Crippen LogP contribution in [0.3, 0.4) is 0 Å². The molecular weight excluding hydrogens is 306 g/mol. The second-order valence-corrected chi connectivity index (χ2v) is 6.14. The van der Waals surface area contributed by atoms with Crippen molar-refractivity contribution in [3.05, 3.63) is 28.7 Å². The second-order valence-electron chi connectivity index (χ2n) is 5.22. The third-order valence-corrected chi connectivity index (χ3v) is 4.10. The summed E-state index contributed by atoms with van der Waals surface area (Å²) >= 11 is 3.38. The number of benzene rings is 1. The van der Waals surface area contributed by atoms with Gasteiger partial charge in [0.1, 0.15) is 5.75 Å². The van der Waals surface area contributed by atoms with Gasteiger partial charge >= 0.3 is 0 Å². The molecule has 1 heterocycles. The molecule has 0 unspecified atom stereocenters. The van der Waals surface area contributed by atoms with Gasteiger partial charge < -0.3 is 9.64 Å². The van der Waals surface area contributed by atoms with Gasteiger partial charge in [0, 0.05) is 17.6 Å². The van der Waals surface area contributed by atoms with E-state index in [2.05, 4.69) is 22.9 Å². The van der Waals surface area contributed by atoms with Crippen LogP contribution in [0.4, 0.5) is 0 Å². The van der Waals surface area contributed by atoms with E-state index in [0.29, 0.717) is 0 Å². The Balaban J connectivity index is 1.90. The zero-order chi connectivity index (χ0) is 13.8. The van der Waals surface area contributed by atoms with Crippen molar-refractivity contribution in [1.82, 2.24) is 4.90 Å². The van der Waals surface area contributed by atoms with Crippen LogP contribution < -0.4 is 4.74 Å². The summed E-state index contributed by atoms with van der Waals surface area (Å²) in [6, 6.07) is 7.56. The molecule has 1 atom stereocenters. The smallest absolute Gasteiger partial charge is 0.263 e. The highest BCUT2D eigenvalue weighted by Crippen LogP contribution is 2.20. The molecule has 1 aliphatic heterocycles. The highest BCUT2D eigenvalue weighted by atomic mass is 79.9. The van der Waals surface area contributed by atoms with Crippen LogP contribution in [-0.4, -0.2) is 30.0 Å². The van der Waals surface area contributed by atoms with Gasteiger partial charge in [0.2, 0.25) is 0 Å². The maximum absolute atomic E-state index is 12.3. The Bertz CT molecular complexity index is 424. The third kappa shape index (κ3) is 3.96. The molecule has 1 saturated heterocycles. The average molecular weight is 326 g/mol. The van der Waals surface area contributed by atoms with Gasteiger partial charge in [-0.1, -0.05) is 22.9 Å². The first kappa shape index (κ1) is 14.4. The number of amides is 1. The summed E-state index contributed by atoms with van der Waals surface area (Å²) in [7, 11) is 0. The lowest BCUT2D eigenvalue weighted by atomic mass is 9.99. The van der Waals surface area contributed by atoms with Crippen molar-refractivity contribution in [1.29, 1.82) is 0 Å². The van der Waals surface area contributed by atoms with Crippen LogP contribution >= 0.6 is 15.9 Å². The molecule has 0 saturated carbocycles. The number of rotatable bonds is 3. The van der Waals surface area contributed by atoms with Crippen LogP contribution in [0.2, 0.25) is 0 Å². The molecule has 0 radical (unpaired) electrons. The maximum atomic E-state index is 12.3. The van der Waals surface area contributed by atoms with Gasteiger partial charge in [-0.05, 0) is 49.9 Å². The van der Waals surface area contributed by atoms with Crippen LogP contribution in [0.1, 0.15) is 26.7 Å². The number of hydrogen-bond acceptors (Lipinski definition) is 2. The lowest BCUT2D eigenvalue weighted by molar-refractivity contribution is -0.139. The number of nitrogens with zero attached hydrogens (tertiary/aromatic N) is 1. The van der Waals surface area contributed by atoms with Gasteiger partial charge in [-0.3, -0.25) is 4.79 Å². The van der Waals surface area contributed by atoms with Crippen LogP contribution in [0.15, 0.2) is 28.7 Å². The van der Waals surface area contributed by atoms with E-state index in [1.165, 1.54) is 0 Å². The standard InChI is InChI=1S/C15H20BrNO2/c1-11-7-9-17(10-8-11)15(18)12(2)19-14-5-3-13(16)4-6-14/h3-6,11-12H,7-10H2,1-2H3/t12-/m1/s1. The number of likely N-dealkylation sites (tertiary alicyclic amines) is 1. The third-order valence-electron chi connectivity index (χ3n) is 3.57. The molecule has 1 aliphatic rings. The minimum absolute atomic E-state index is 0.0924. The van der Waals surface area contributed by atoms with Crippen molar-refractivity contribution in [2.45, 2.75) is 32.8 Å². The predicted molar refractivity (Wildman–Crippen MR) is 79.2 cm³/mol.